The van der Waals surface area contributed by atoms with E-state index >= 15 is 0 Å². The fourth-order valence-electron chi connectivity index (χ4n) is 3.44. The predicted octanol–water partition coefficient (Wildman–Crippen LogP) is 3.65. The Bertz CT molecular complexity index is 851. The summed E-state index contributed by atoms with van der Waals surface area (Å²) in [6.07, 6.45) is 1.83. The molecule has 1 aliphatic rings. The van der Waals surface area contributed by atoms with Crippen molar-refractivity contribution in [2.75, 3.05) is 39.8 Å². The lowest BCUT2D eigenvalue weighted by Crippen LogP contribution is -2.50. The van der Waals surface area contributed by atoms with Crippen LogP contribution in [0.15, 0.2) is 47.6 Å². The third-order valence-electron chi connectivity index (χ3n) is 4.86. The molecule has 0 spiro atoms. The standard InChI is InChI=1S/C23H32FN5O2.HI/c1-17(2)15-29-10-11-30-21(16-29)14-28-23(25-3)27-13-18-8-9-26-22(12-18)31-20-6-4-19(24)5-7-20;/h4-9,12,17,21H,10-11,13-16H2,1-3H3,(H2,25,27,28);1H. The van der Waals surface area contributed by atoms with E-state index in [4.69, 9.17) is 9.47 Å². The van der Waals surface area contributed by atoms with Crippen LogP contribution in [-0.4, -0.2) is 61.8 Å². The van der Waals surface area contributed by atoms with Gasteiger partial charge in [0.25, 0.3) is 0 Å². The van der Waals surface area contributed by atoms with Crippen LogP contribution in [0.25, 0.3) is 0 Å². The average molecular weight is 557 g/mol. The van der Waals surface area contributed by atoms with Crippen LogP contribution < -0.4 is 15.4 Å². The Balaban J connectivity index is 0.00000363. The third kappa shape index (κ3) is 8.87. The number of morpholine rings is 1. The number of nitrogens with one attached hydrogen (secondary N) is 2. The first-order valence-corrected chi connectivity index (χ1v) is 10.7. The van der Waals surface area contributed by atoms with Crippen molar-refractivity contribution in [1.82, 2.24) is 20.5 Å². The molecule has 3 rings (SSSR count). The van der Waals surface area contributed by atoms with Crippen molar-refractivity contribution in [3.63, 3.8) is 0 Å². The molecular weight excluding hydrogens is 524 g/mol. The number of halogens is 2. The van der Waals surface area contributed by atoms with Gasteiger partial charge in [0, 0.05) is 52.0 Å². The van der Waals surface area contributed by atoms with Crippen LogP contribution in [0.5, 0.6) is 11.6 Å². The Labute approximate surface area is 206 Å². The third-order valence-corrected chi connectivity index (χ3v) is 4.86. The second-order valence-corrected chi connectivity index (χ2v) is 8.01. The molecule has 0 amide bonds. The maximum Gasteiger partial charge on any atom is 0.219 e. The number of nitrogens with zero attached hydrogens (tertiary/aromatic N) is 3. The molecule has 2 heterocycles. The highest BCUT2D eigenvalue weighted by molar-refractivity contribution is 14.0. The molecule has 2 aromatic rings. The Hall–Kier alpha value is -1.98. The number of aliphatic imine (C=N–C) groups is 1. The Morgan fingerprint density at radius 2 is 2.06 bits per heavy atom. The molecule has 0 bridgehead atoms. The van der Waals surface area contributed by atoms with Gasteiger partial charge in [-0.25, -0.2) is 9.37 Å². The quantitative estimate of drug-likeness (QED) is 0.294. The van der Waals surface area contributed by atoms with Gasteiger partial charge in [-0.3, -0.25) is 9.89 Å². The van der Waals surface area contributed by atoms with Crippen LogP contribution in [0, 0.1) is 11.7 Å². The van der Waals surface area contributed by atoms with E-state index in [1.807, 2.05) is 12.1 Å². The summed E-state index contributed by atoms with van der Waals surface area (Å²) < 4.78 is 24.6. The van der Waals surface area contributed by atoms with Gasteiger partial charge in [0.05, 0.1) is 12.7 Å². The van der Waals surface area contributed by atoms with E-state index in [2.05, 4.69) is 39.4 Å². The minimum atomic E-state index is -0.302. The fourth-order valence-corrected chi connectivity index (χ4v) is 3.44. The summed E-state index contributed by atoms with van der Waals surface area (Å²) in [5.41, 5.74) is 0.993. The minimum Gasteiger partial charge on any atom is -0.439 e. The normalized spacial score (nSPS) is 17.0. The Morgan fingerprint density at radius 1 is 1.28 bits per heavy atom. The number of aromatic nitrogens is 1. The van der Waals surface area contributed by atoms with Gasteiger partial charge in [-0.2, -0.15) is 0 Å². The van der Waals surface area contributed by atoms with Crippen LogP contribution in [0.4, 0.5) is 4.39 Å². The van der Waals surface area contributed by atoms with E-state index in [9.17, 15) is 4.39 Å². The average Bonchev–Trinajstić information content (AvgIpc) is 2.76. The molecular formula is C23H33FIN5O2. The molecule has 1 saturated heterocycles. The van der Waals surface area contributed by atoms with E-state index in [-0.39, 0.29) is 35.9 Å². The minimum absolute atomic E-state index is 0. The lowest BCUT2D eigenvalue weighted by atomic mass is 10.2. The van der Waals surface area contributed by atoms with Gasteiger partial charge in [-0.15, -0.1) is 24.0 Å². The molecule has 7 nitrogen and oxygen atoms in total. The van der Waals surface area contributed by atoms with Crippen molar-refractivity contribution in [2.45, 2.75) is 26.5 Å². The van der Waals surface area contributed by atoms with Gasteiger partial charge in [0.2, 0.25) is 5.88 Å². The van der Waals surface area contributed by atoms with E-state index < -0.39 is 0 Å². The molecule has 0 radical (unpaired) electrons. The van der Waals surface area contributed by atoms with Gasteiger partial charge in [0.15, 0.2) is 5.96 Å². The predicted molar refractivity (Wildman–Crippen MR) is 135 cm³/mol. The molecule has 1 unspecified atom stereocenters. The molecule has 1 aromatic carbocycles. The van der Waals surface area contributed by atoms with Crippen LogP contribution in [0.1, 0.15) is 19.4 Å². The second kappa shape index (κ2) is 13.5. The zero-order valence-electron chi connectivity index (χ0n) is 18.9. The number of pyridine rings is 1. The van der Waals surface area contributed by atoms with Gasteiger partial charge in [0.1, 0.15) is 11.6 Å². The number of ether oxygens (including phenoxy) is 2. The summed E-state index contributed by atoms with van der Waals surface area (Å²) in [6, 6.07) is 9.61. The molecule has 2 N–H and O–H groups in total. The smallest absolute Gasteiger partial charge is 0.219 e. The van der Waals surface area contributed by atoms with Gasteiger partial charge >= 0.3 is 0 Å². The molecule has 0 aliphatic carbocycles. The highest BCUT2D eigenvalue weighted by atomic mass is 127. The summed E-state index contributed by atoms with van der Waals surface area (Å²) in [5, 5.41) is 6.65. The van der Waals surface area contributed by atoms with Crippen molar-refractivity contribution in [1.29, 1.82) is 0 Å². The first kappa shape index (κ1) is 26.3. The molecule has 1 atom stereocenters. The zero-order valence-corrected chi connectivity index (χ0v) is 21.2. The molecule has 1 fully saturated rings. The van der Waals surface area contributed by atoms with Crippen LogP contribution in [-0.2, 0) is 11.3 Å². The van der Waals surface area contributed by atoms with Crippen molar-refractivity contribution >= 4 is 29.9 Å². The first-order valence-electron chi connectivity index (χ1n) is 10.7. The number of guanidine groups is 1. The van der Waals surface area contributed by atoms with Crippen LogP contribution in [0.3, 0.4) is 0 Å². The summed E-state index contributed by atoms with van der Waals surface area (Å²) in [7, 11) is 1.75. The largest absolute Gasteiger partial charge is 0.439 e. The van der Waals surface area contributed by atoms with E-state index in [1.54, 1.807) is 25.4 Å². The van der Waals surface area contributed by atoms with Crippen molar-refractivity contribution < 1.29 is 13.9 Å². The number of hydrogen-bond acceptors (Lipinski definition) is 5. The molecule has 1 aromatic heterocycles. The maximum atomic E-state index is 13.0. The van der Waals surface area contributed by atoms with E-state index in [1.165, 1.54) is 12.1 Å². The highest BCUT2D eigenvalue weighted by Gasteiger charge is 2.21. The SMILES string of the molecule is CN=C(NCc1ccnc(Oc2ccc(F)cc2)c1)NCC1CN(CC(C)C)CCO1.I. The number of rotatable bonds is 8. The maximum absolute atomic E-state index is 13.0. The molecule has 0 saturated carbocycles. The number of benzene rings is 1. The summed E-state index contributed by atoms with van der Waals surface area (Å²) >= 11 is 0. The van der Waals surface area contributed by atoms with Crippen molar-refractivity contribution in [2.24, 2.45) is 10.9 Å². The summed E-state index contributed by atoms with van der Waals surface area (Å²) in [5.74, 6) is 2.05. The molecule has 1 aliphatic heterocycles. The van der Waals surface area contributed by atoms with Crippen LogP contribution in [0.2, 0.25) is 0 Å². The van der Waals surface area contributed by atoms with Crippen molar-refractivity contribution in [3.8, 4) is 11.6 Å². The highest BCUT2D eigenvalue weighted by Crippen LogP contribution is 2.20. The molecule has 176 valence electrons. The zero-order chi connectivity index (χ0) is 22.1. The second-order valence-electron chi connectivity index (χ2n) is 8.01. The monoisotopic (exact) mass is 557 g/mol. The summed E-state index contributed by atoms with van der Waals surface area (Å²) in [4.78, 5) is 11.0. The lowest BCUT2D eigenvalue weighted by Gasteiger charge is -2.34. The molecule has 32 heavy (non-hydrogen) atoms. The fraction of sp³-hybridized carbons (Fsp3) is 0.478. The summed E-state index contributed by atoms with van der Waals surface area (Å²) in [6.45, 7) is 9.52. The Kier molecular flexibility index (Phi) is 11.1. The Morgan fingerprint density at radius 3 is 2.78 bits per heavy atom. The van der Waals surface area contributed by atoms with Gasteiger partial charge < -0.3 is 20.1 Å². The number of hydrogen-bond donors (Lipinski definition) is 2. The lowest BCUT2D eigenvalue weighted by molar-refractivity contribution is -0.0284. The van der Waals surface area contributed by atoms with Gasteiger partial charge in [-0.1, -0.05) is 13.8 Å². The van der Waals surface area contributed by atoms with E-state index in [0.29, 0.717) is 36.6 Å². The van der Waals surface area contributed by atoms with E-state index in [0.717, 1.165) is 31.8 Å². The first-order chi connectivity index (χ1) is 15.0. The van der Waals surface area contributed by atoms with Gasteiger partial charge in [-0.05, 0) is 41.8 Å². The molecule has 9 heteroatoms. The topological polar surface area (TPSA) is 71.0 Å². The van der Waals surface area contributed by atoms with Crippen molar-refractivity contribution in [3.05, 3.63) is 54.0 Å². The van der Waals surface area contributed by atoms with Crippen LogP contribution >= 0.6 is 24.0 Å².